The minimum absolute atomic E-state index is 0.165. The molecule has 1 aromatic heterocycles. The van der Waals surface area contributed by atoms with Gasteiger partial charge in [0.15, 0.2) is 0 Å². The van der Waals surface area contributed by atoms with Crippen molar-refractivity contribution in [1.82, 2.24) is 10.1 Å². The number of likely N-dealkylation sites (tertiary alicyclic amines) is 1. The Balaban J connectivity index is 1.99. The Morgan fingerprint density at radius 3 is 3.21 bits per heavy atom. The van der Waals surface area contributed by atoms with E-state index in [-0.39, 0.29) is 11.8 Å². The summed E-state index contributed by atoms with van der Waals surface area (Å²) in [6.07, 6.45) is 3.92. The third-order valence-corrected chi connectivity index (χ3v) is 2.42. The highest BCUT2D eigenvalue weighted by Crippen LogP contribution is 2.19. The summed E-state index contributed by atoms with van der Waals surface area (Å²) in [4.78, 5) is 13.3. The summed E-state index contributed by atoms with van der Waals surface area (Å²) in [5.41, 5.74) is 0.795. The number of hydrogen-bond donors (Lipinski definition) is 0. The minimum atomic E-state index is 0.165. The molecule has 4 nitrogen and oxygen atoms in total. The second kappa shape index (κ2) is 3.65. The molecule has 14 heavy (non-hydrogen) atoms. The molecule has 2 rings (SSSR count). The Labute approximate surface area is 82.2 Å². The number of rotatable bonds is 3. The standard InChI is InChI=1S/C10H12N2O2/c1-2-8-5-10(13)12(6-8)7-9-3-4-14-11-9/h2-4,8H,1,5-7H2. The molecule has 1 aliphatic heterocycles. The van der Waals surface area contributed by atoms with Gasteiger partial charge in [-0.15, -0.1) is 6.58 Å². The van der Waals surface area contributed by atoms with E-state index in [9.17, 15) is 4.79 Å². The monoisotopic (exact) mass is 192 g/mol. The summed E-state index contributed by atoms with van der Waals surface area (Å²) in [6, 6.07) is 1.77. The van der Waals surface area contributed by atoms with Crippen LogP contribution in [0.25, 0.3) is 0 Å². The van der Waals surface area contributed by atoms with Crippen LogP contribution in [0.4, 0.5) is 0 Å². The molecule has 0 radical (unpaired) electrons. The average molecular weight is 192 g/mol. The Kier molecular flexibility index (Phi) is 2.35. The van der Waals surface area contributed by atoms with Crippen molar-refractivity contribution in [2.24, 2.45) is 5.92 Å². The first-order chi connectivity index (χ1) is 6.79. The second-order valence-electron chi connectivity index (χ2n) is 3.46. The Morgan fingerprint density at radius 1 is 1.79 bits per heavy atom. The van der Waals surface area contributed by atoms with Gasteiger partial charge in [0.2, 0.25) is 5.91 Å². The zero-order valence-electron chi connectivity index (χ0n) is 7.85. The lowest BCUT2D eigenvalue weighted by atomic mass is 10.1. The first-order valence-corrected chi connectivity index (χ1v) is 4.59. The van der Waals surface area contributed by atoms with Gasteiger partial charge in [-0.2, -0.15) is 0 Å². The van der Waals surface area contributed by atoms with E-state index in [0.717, 1.165) is 12.2 Å². The molecule has 1 saturated heterocycles. The number of carbonyl (C=O) groups excluding carboxylic acids is 1. The molecule has 0 aromatic carbocycles. The van der Waals surface area contributed by atoms with Gasteiger partial charge in [0.25, 0.3) is 0 Å². The molecule has 1 amide bonds. The summed E-state index contributed by atoms with van der Waals surface area (Å²) in [6.45, 7) is 4.98. The molecule has 0 spiro atoms. The van der Waals surface area contributed by atoms with Crippen molar-refractivity contribution in [3.63, 3.8) is 0 Å². The smallest absolute Gasteiger partial charge is 0.223 e. The molecule has 74 valence electrons. The van der Waals surface area contributed by atoms with E-state index in [4.69, 9.17) is 4.52 Å². The summed E-state index contributed by atoms with van der Waals surface area (Å²) in [7, 11) is 0. The molecular weight excluding hydrogens is 180 g/mol. The molecule has 0 saturated carbocycles. The van der Waals surface area contributed by atoms with Crippen molar-refractivity contribution in [2.75, 3.05) is 6.54 Å². The fraction of sp³-hybridized carbons (Fsp3) is 0.400. The van der Waals surface area contributed by atoms with E-state index < -0.39 is 0 Å². The zero-order valence-corrected chi connectivity index (χ0v) is 7.85. The fourth-order valence-corrected chi connectivity index (χ4v) is 1.63. The third kappa shape index (κ3) is 1.69. The van der Waals surface area contributed by atoms with Crippen LogP contribution < -0.4 is 0 Å². The lowest BCUT2D eigenvalue weighted by Gasteiger charge is -2.13. The highest BCUT2D eigenvalue weighted by atomic mass is 16.5. The van der Waals surface area contributed by atoms with Gasteiger partial charge in [-0.3, -0.25) is 4.79 Å². The van der Waals surface area contributed by atoms with E-state index >= 15 is 0 Å². The van der Waals surface area contributed by atoms with Crippen molar-refractivity contribution in [2.45, 2.75) is 13.0 Å². The number of nitrogens with zero attached hydrogens (tertiary/aromatic N) is 2. The van der Waals surface area contributed by atoms with Crippen LogP contribution in [-0.2, 0) is 11.3 Å². The minimum Gasteiger partial charge on any atom is -0.364 e. The molecule has 0 N–H and O–H groups in total. The number of hydrogen-bond acceptors (Lipinski definition) is 3. The molecule has 1 unspecified atom stereocenters. The summed E-state index contributed by atoms with van der Waals surface area (Å²) in [5.74, 6) is 0.451. The van der Waals surface area contributed by atoms with Gasteiger partial charge in [-0.25, -0.2) is 0 Å². The Morgan fingerprint density at radius 2 is 2.64 bits per heavy atom. The molecule has 4 heteroatoms. The van der Waals surface area contributed by atoms with Crippen LogP contribution in [0.2, 0.25) is 0 Å². The van der Waals surface area contributed by atoms with Gasteiger partial charge in [-0.1, -0.05) is 11.2 Å². The SMILES string of the molecule is C=CC1CC(=O)N(Cc2ccon2)C1. The maximum Gasteiger partial charge on any atom is 0.223 e. The molecule has 0 bridgehead atoms. The van der Waals surface area contributed by atoms with Crippen LogP contribution in [0.15, 0.2) is 29.5 Å². The van der Waals surface area contributed by atoms with Gasteiger partial charge in [0.1, 0.15) is 12.0 Å². The molecule has 0 aliphatic carbocycles. The highest BCUT2D eigenvalue weighted by molar-refractivity contribution is 5.78. The molecule has 2 heterocycles. The van der Waals surface area contributed by atoms with Gasteiger partial charge in [-0.05, 0) is 0 Å². The van der Waals surface area contributed by atoms with E-state index in [1.165, 1.54) is 6.26 Å². The van der Waals surface area contributed by atoms with Crippen LogP contribution in [0.3, 0.4) is 0 Å². The largest absolute Gasteiger partial charge is 0.364 e. The van der Waals surface area contributed by atoms with Crippen LogP contribution in [-0.4, -0.2) is 22.5 Å². The average Bonchev–Trinajstić information content (AvgIpc) is 2.78. The second-order valence-corrected chi connectivity index (χ2v) is 3.46. The number of aromatic nitrogens is 1. The summed E-state index contributed by atoms with van der Waals surface area (Å²) in [5, 5.41) is 3.77. The highest BCUT2D eigenvalue weighted by Gasteiger charge is 2.27. The first kappa shape index (κ1) is 8.99. The molecule has 1 aliphatic rings. The molecule has 1 aromatic rings. The quantitative estimate of drug-likeness (QED) is 0.676. The van der Waals surface area contributed by atoms with Crippen LogP contribution >= 0.6 is 0 Å². The summed E-state index contributed by atoms with van der Waals surface area (Å²) < 4.78 is 4.71. The van der Waals surface area contributed by atoms with Gasteiger partial charge in [0, 0.05) is 24.9 Å². The predicted octanol–water partition coefficient (Wildman–Crippen LogP) is 1.21. The van der Waals surface area contributed by atoms with Gasteiger partial charge < -0.3 is 9.42 Å². The van der Waals surface area contributed by atoms with Crippen molar-refractivity contribution >= 4 is 5.91 Å². The van der Waals surface area contributed by atoms with Crippen LogP contribution in [0.1, 0.15) is 12.1 Å². The molecule has 1 fully saturated rings. The number of carbonyl (C=O) groups is 1. The maximum absolute atomic E-state index is 11.5. The summed E-state index contributed by atoms with van der Waals surface area (Å²) >= 11 is 0. The van der Waals surface area contributed by atoms with E-state index in [1.807, 2.05) is 6.08 Å². The first-order valence-electron chi connectivity index (χ1n) is 4.59. The van der Waals surface area contributed by atoms with Crippen molar-refractivity contribution in [3.8, 4) is 0 Å². The van der Waals surface area contributed by atoms with Gasteiger partial charge in [0.05, 0.1) is 6.54 Å². The lowest BCUT2D eigenvalue weighted by Crippen LogP contribution is -2.24. The van der Waals surface area contributed by atoms with Crippen molar-refractivity contribution in [1.29, 1.82) is 0 Å². The number of amides is 1. The van der Waals surface area contributed by atoms with Crippen LogP contribution in [0.5, 0.6) is 0 Å². The Bertz CT molecular complexity index is 332. The molecular formula is C10H12N2O2. The predicted molar refractivity (Wildman–Crippen MR) is 50.2 cm³/mol. The zero-order chi connectivity index (χ0) is 9.97. The molecule has 1 atom stereocenters. The lowest BCUT2D eigenvalue weighted by molar-refractivity contribution is -0.128. The van der Waals surface area contributed by atoms with Crippen molar-refractivity contribution < 1.29 is 9.32 Å². The Hall–Kier alpha value is -1.58. The van der Waals surface area contributed by atoms with Crippen molar-refractivity contribution in [3.05, 3.63) is 30.7 Å². The normalized spacial score (nSPS) is 21.6. The van der Waals surface area contributed by atoms with E-state index in [2.05, 4.69) is 11.7 Å². The van der Waals surface area contributed by atoms with Crippen LogP contribution in [0, 0.1) is 5.92 Å². The maximum atomic E-state index is 11.5. The van der Waals surface area contributed by atoms with Gasteiger partial charge >= 0.3 is 0 Å². The van der Waals surface area contributed by atoms with E-state index in [0.29, 0.717) is 13.0 Å². The third-order valence-electron chi connectivity index (χ3n) is 2.42. The fourth-order valence-electron chi connectivity index (χ4n) is 1.63. The topological polar surface area (TPSA) is 46.3 Å². The van der Waals surface area contributed by atoms with E-state index in [1.54, 1.807) is 11.0 Å².